The summed E-state index contributed by atoms with van der Waals surface area (Å²) in [5.74, 6) is -3.28. The molecule has 0 aliphatic rings. The topological polar surface area (TPSA) is 0 Å². The molecule has 0 saturated carbocycles. The highest BCUT2D eigenvalue weighted by molar-refractivity contribution is 4.96. The first-order valence-corrected chi connectivity index (χ1v) is 4.13. The van der Waals surface area contributed by atoms with Gasteiger partial charge < -0.3 is 0 Å². The first-order chi connectivity index (χ1) is 5.06. The van der Waals surface area contributed by atoms with E-state index in [2.05, 4.69) is 0 Å². The normalized spacial score (nSPS) is 15.0. The molecule has 0 unspecified atom stereocenters. The fraction of sp³-hybridized carbons (Fsp3) is 1.00. The van der Waals surface area contributed by atoms with Crippen LogP contribution < -0.4 is 0 Å². The minimum absolute atomic E-state index is 0.257. The van der Waals surface area contributed by atoms with Gasteiger partial charge in [0.05, 0.1) is 0 Å². The lowest BCUT2D eigenvalue weighted by atomic mass is 9.76. The monoisotopic (exact) mass is 182 g/mol. The summed E-state index contributed by atoms with van der Waals surface area (Å²) in [6, 6.07) is 0. The Morgan fingerprint density at radius 3 is 1.33 bits per heavy atom. The molecule has 0 atom stereocenters. The van der Waals surface area contributed by atoms with Gasteiger partial charge in [0.25, 0.3) is 5.92 Å². The van der Waals surface area contributed by atoms with Crippen molar-refractivity contribution >= 4 is 0 Å². The molecule has 0 aromatic heterocycles. The van der Waals surface area contributed by atoms with Crippen molar-refractivity contribution in [1.29, 1.82) is 0 Å². The van der Waals surface area contributed by atoms with Crippen LogP contribution in [0.5, 0.6) is 0 Å². The Balaban J connectivity index is 4.85. The molecule has 3 heteroatoms. The van der Waals surface area contributed by atoms with Crippen molar-refractivity contribution in [2.24, 2.45) is 5.41 Å². The van der Waals surface area contributed by atoms with Gasteiger partial charge in [-0.1, -0.05) is 20.8 Å². The summed E-state index contributed by atoms with van der Waals surface area (Å²) >= 11 is 0. The van der Waals surface area contributed by atoms with E-state index in [9.17, 15) is 13.2 Å². The molecule has 0 aliphatic heterocycles. The maximum atomic E-state index is 13.3. The van der Waals surface area contributed by atoms with Crippen molar-refractivity contribution in [3.05, 3.63) is 0 Å². The Kier molecular flexibility index (Phi) is 2.88. The number of halogens is 3. The van der Waals surface area contributed by atoms with Crippen molar-refractivity contribution in [3.63, 3.8) is 0 Å². The van der Waals surface area contributed by atoms with E-state index in [4.69, 9.17) is 0 Å². The first kappa shape index (κ1) is 11.8. The van der Waals surface area contributed by atoms with Crippen molar-refractivity contribution in [2.75, 3.05) is 0 Å². The lowest BCUT2D eigenvalue weighted by Crippen LogP contribution is -2.50. The lowest BCUT2D eigenvalue weighted by molar-refractivity contribution is -0.194. The highest BCUT2D eigenvalue weighted by Crippen LogP contribution is 2.47. The Morgan fingerprint density at radius 2 is 1.25 bits per heavy atom. The number of hydrogen-bond donors (Lipinski definition) is 0. The number of hydrogen-bond acceptors (Lipinski definition) is 0. The zero-order valence-corrected chi connectivity index (χ0v) is 8.34. The second-order valence-corrected chi connectivity index (χ2v) is 4.28. The minimum Gasteiger partial charge on any atom is -0.238 e. The summed E-state index contributed by atoms with van der Waals surface area (Å²) in [6.45, 7) is 6.25. The summed E-state index contributed by atoms with van der Waals surface area (Å²) in [7, 11) is 0. The van der Waals surface area contributed by atoms with Gasteiger partial charge in [0.15, 0.2) is 5.67 Å². The van der Waals surface area contributed by atoms with E-state index in [1.165, 1.54) is 13.8 Å². The molecule has 12 heavy (non-hydrogen) atoms. The molecule has 0 fully saturated rings. The van der Waals surface area contributed by atoms with Crippen LogP contribution in [0.3, 0.4) is 0 Å². The van der Waals surface area contributed by atoms with Crippen LogP contribution in [0.1, 0.15) is 41.0 Å². The summed E-state index contributed by atoms with van der Waals surface area (Å²) in [4.78, 5) is 0. The Hall–Kier alpha value is -0.210. The Labute approximate surface area is 72.2 Å². The minimum atomic E-state index is -3.28. The predicted molar refractivity (Wildman–Crippen MR) is 44.2 cm³/mol. The van der Waals surface area contributed by atoms with Gasteiger partial charge in [-0.15, -0.1) is 0 Å². The molecule has 0 heterocycles. The molecule has 0 bridgehead atoms. The van der Waals surface area contributed by atoms with Crippen LogP contribution in [0, 0.1) is 5.41 Å². The van der Waals surface area contributed by atoms with Crippen molar-refractivity contribution in [2.45, 2.75) is 52.6 Å². The van der Waals surface area contributed by atoms with Crippen LogP contribution in [-0.4, -0.2) is 11.6 Å². The number of alkyl halides is 3. The molecule has 0 saturated heterocycles. The van der Waals surface area contributed by atoms with Crippen LogP contribution in [0.25, 0.3) is 0 Å². The van der Waals surface area contributed by atoms with E-state index < -0.39 is 17.0 Å². The largest absolute Gasteiger partial charge is 0.285 e. The molecule has 0 rings (SSSR count). The number of rotatable bonds is 3. The molecular formula is C9H17F3. The molecule has 0 aromatic carbocycles. The predicted octanol–water partition coefficient (Wildman–Crippen LogP) is 3.81. The molecular weight excluding hydrogens is 165 g/mol. The molecule has 0 nitrogen and oxygen atoms in total. The molecule has 74 valence electrons. The van der Waals surface area contributed by atoms with Crippen LogP contribution in [0.15, 0.2) is 0 Å². The Morgan fingerprint density at radius 1 is 0.917 bits per heavy atom. The molecule has 0 spiro atoms. The fourth-order valence-electron chi connectivity index (χ4n) is 1.03. The second kappa shape index (κ2) is 2.93. The van der Waals surface area contributed by atoms with Gasteiger partial charge in [-0.2, -0.15) is 0 Å². The molecule has 0 aliphatic carbocycles. The lowest BCUT2D eigenvalue weighted by Gasteiger charge is -2.39. The molecule has 0 N–H and O–H groups in total. The van der Waals surface area contributed by atoms with Crippen LogP contribution in [0.4, 0.5) is 13.2 Å². The van der Waals surface area contributed by atoms with Gasteiger partial charge in [0.2, 0.25) is 0 Å². The second-order valence-electron chi connectivity index (χ2n) is 4.28. The fourth-order valence-corrected chi connectivity index (χ4v) is 1.03. The van der Waals surface area contributed by atoms with Gasteiger partial charge >= 0.3 is 0 Å². The maximum Gasteiger partial charge on any atom is 0.285 e. The van der Waals surface area contributed by atoms with Crippen molar-refractivity contribution in [1.82, 2.24) is 0 Å². The zero-order chi connectivity index (χ0) is 10.2. The summed E-state index contributed by atoms with van der Waals surface area (Å²) < 4.78 is 39.8. The van der Waals surface area contributed by atoms with E-state index in [1.807, 2.05) is 0 Å². The SMILES string of the molecule is CCC(C)(C)C(F)(F)C(C)(C)F. The van der Waals surface area contributed by atoms with Gasteiger partial charge in [-0.05, 0) is 20.3 Å². The van der Waals surface area contributed by atoms with Crippen LogP contribution >= 0.6 is 0 Å². The van der Waals surface area contributed by atoms with Gasteiger partial charge in [0, 0.05) is 5.41 Å². The third-order valence-electron chi connectivity index (χ3n) is 2.48. The summed E-state index contributed by atoms with van der Waals surface area (Å²) in [5.41, 5.74) is -3.74. The van der Waals surface area contributed by atoms with Crippen molar-refractivity contribution in [3.8, 4) is 0 Å². The van der Waals surface area contributed by atoms with Gasteiger partial charge in [-0.3, -0.25) is 0 Å². The third kappa shape index (κ3) is 1.75. The smallest absolute Gasteiger partial charge is 0.238 e. The zero-order valence-electron chi connectivity index (χ0n) is 8.34. The van der Waals surface area contributed by atoms with Gasteiger partial charge in [-0.25, -0.2) is 13.2 Å². The average molecular weight is 182 g/mol. The first-order valence-electron chi connectivity index (χ1n) is 4.13. The van der Waals surface area contributed by atoms with E-state index in [1.54, 1.807) is 6.92 Å². The van der Waals surface area contributed by atoms with Crippen LogP contribution in [0.2, 0.25) is 0 Å². The van der Waals surface area contributed by atoms with E-state index in [-0.39, 0.29) is 6.42 Å². The quantitative estimate of drug-likeness (QED) is 0.622. The summed E-state index contributed by atoms with van der Waals surface area (Å²) in [6.07, 6.45) is 0.257. The molecule has 0 radical (unpaired) electrons. The van der Waals surface area contributed by atoms with E-state index >= 15 is 0 Å². The molecule has 0 amide bonds. The maximum absolute atomic E-state index is 13.3. The molecule has 0 aromatic rings. The highest BCUT2D eigenvalue weighted by Gasteiger charge is 2.57. The van der Waals surface area contributed by atoms with Crippen molar-refractivity contribution < 1.29 is 13.2 Å². The average Bonchev–Trinajstić information content (AvgIpc) is 1.85. The highest BCUT2D eigenvalue weighted by atomic mass is 19.3. The van der Waals surface area contributed by atoms with Gasteiger partial charge in [0.1, 0.15) is 0 Å². The van der Waals surface area contributed by atoms with Crippen LogP contribution in [-0.2, 0) is 0 Å². The third-order valence-corrected chi connectivity index (χ3v) is 2.48. The van der Waals surface area contributed by atoms with E-state index in [0.717, 1.165) is 13.8 Å². The standard InChI is InChI=1S/C9H17F3/c1-6-7(2,3)9(11,12)8(4,5)10/h6H2,1-5H3. The Bertz CT molecular complexity index is 154. The summed E-state index contributed by atoms with van der Waals surface area (Å²) in [5, 5.41) is 0. The van der Waals surface area contributed by atoms with E-state index in [0.29, 0.717) is 0 Å².